The fourth-order valence-corrected chi connectivity index (χ4v) is 2.90. The number of amides is 1. The Bertz CT molecular complexity index is 777. The molecule has 1 saturated heterocycles. The average Bonchev–Trinajstić information content (AvgIpc) is 2.97. The summed E-state index contributed by atoms with van der Waals surface area (Å²) in [4.78, 5) is 16.0. The van der Waals surface area contributed by atoms with Crippen molar-refractivity contribution < 1.29 is 22.4 Å². The molecule has 0 N–H and O–H groups in total. The zero-order valence-corrected chi connectivity index (χ0v) is 14.1. The minimum Gasteiger partial charge on any atom is -0.368 e. The first-order valence-electron chi connectivity index (χ1n) is 8.14. The van der Waals surface area contributed by atoms with Gasteiger partial charge in [-0.1, -0.05) is 0 Å². The van der Waals surface area contributed by atoms with Crippen LogP contribution < -0.4 is 4.90 Å². The number of alkyl halides is 3. The fraction of sp³-hybridized carbons (Fsp3) is 0.412. The molecule has 9 heteroatoms. The van der Waals surface area contributed by atoms with Crippen molar-refractivity contribution in [3.05, 3.63) is 47.5 Å². The largest absolute Gasteiger partial charge is 0.435 e. The highest BCUT2D eigenvalue weighted by Crippen LogP contribution is 2.28. The molecule has 1 aromatic heterocycles. The molecule has 140 valence electrons. The molecule has 1 aliphatic rings. The van der Waals surface area contributed by atoms with Gasteiger partial charge in [0.2, 0.25) is 5.91 Å². The van der Waals surface area contributed by atoms with Crippen LogP contribution in [0.15, 0.2) is 30.3 Å². The number of benzene rings is 1. The third kappa shape index (κ3) is 3.97. The van der Waals surface area contributed by atoms with Gasteiger partial charge in [0.1, 0.15) is 12.4 Å². The lowest BCUT2D eigenvalue weighted by Gasteiger charge is -2.36. The van der Waals surface area contributed by atoms with Gasteiger partial charge in [-0.15, -0.1) is 0 Å². The average molecular weight is 370 g/mol. The molecule has 0 radical (unpaired) electrons. The molecule has 1 aliphatic heterocycles. The van der Waals surface area contributed by atoms with E-state index in [0.717, 1.165) is 16.4 Å². The lowest BCUT2D eigenvalue weighted by atomic mass is 10.2. The summed E-state index contributed by atoms with van der Waals surface area (Å²) >= 11 is 0. The quantitative estimate of drug-likeness (QED) is 0.781. The highest BCUT2D eigenvalue weighted by Gasteiger charge is 2.34. The van der Waals surface area contributed by atoms with E-state index in [1.54, 1.807) is 17.0 Å². The zero-order valence-electron chi connectivity index (χ0n) is 14.1. The van der Waals surface area contributed by atoms with Gasteiger partial charge in [0.15, 0.2) is 5.69 Å². The van der Waals surface area contributed by atoms with Crippen LogP contribution in [-0.4, -0.2) is 46.8 Å². The SMILES string of the molecule is Cc1cc(C(F)(F)F)nn1CC(=O)N1CCN(c2ccc(F)cc2)CC1. The number of nitrogens with zero attached hydrogens (tertiary/aromatic N) is 4. The first-order valence-corrected chi connectivity index (χ1v) is 8.14. The minimum absolute atomic E-state index is 0.224. The molecule has 0 bridgehead atoms. The molecule has 3 rings (SSSR count). The van der Waals surface area contributed by atoms with E-state index in [9.17, 15) is 22.4 Å². The normalized spacial score (nSPS) is 15.4. The number of hydrogen-bond donors (Lipinski definition) is 0. The minimum atomic E-state index is -4.53. The number of hydrogen-bond acceptors (Lipinski definition) is 3. The second-order valence-corrected chi connectivity index (χ2v) is 6.17. The molecule has 0 saturated carbocycles. The Morgan fingerprint density at radius 2 is 1.73 bits per heavy atom. The van der Waals surface area contributed by atoms with Crippen molar-refractivity contribution in [2.24, 2.45) is 0 Å². The lowest BCUT2D eigenvalue weighted by Crippen LogP contribution is -2.49. The Morgan fingerprint density at radius 3 is 2.27 bits per heavy atom. The van der Waals surface area contributed by atoms with Crippen LogP contribution in [0.3, 0.4) is 0 Å². The van der Waals surface area contributed by atoms with Gasteiger partial charge >= 0.3 is 6.18 Å². The van der Waals surface area contributed by atoms with Crippen molar-refractivity contribution in [1.82, 2.24) is 14.7 Å². The van der Waals surface area contributed by atoms with Crippen LogP contribution in [0.2, 0.25) is 0 Å². The summed E-state index contributed by atoms with van der Waals surface area (Å²) in [5.41, 5.74) is 0.163. The molecule has 26 heavy (non-hydrogen) atoms. The number of piperazine rings is 1. The van der Waals surface area contributed by atoms with Crippen LogP contribution in [0.25, 0.3) is 0 Å². The summed E-state index contributed by atoms with van der Waals surface area (Å²) < 4.78 is 52.2. The molecule has 0 aliphatic carbocycles. The maximum atomic E-state index is 13.0. The number of rotatable bonds is 3. The zero-order chi connectivity index (χ0) is 18.9. The summed E-state index contributed by atoms with van der Waals surface area (Å²) in [6.07, 6.45) is -4.53. The van der Waals surface area contributed by atoms with Gasteiger partial charge in [-0.2, -0.15) is 18.3 Å². The smallest absolute Gasteiger partial charge is 0.368 e. The summed E-state index contributed by atoms with van der Waals surface area (Å²) in [5, 5.41) is 3.48. The number of aryl methyl sites for hydroxylation is 1. The van der Waals surface area contributed by atoms with Crippen LogP contribution in [0.4, 0.5) is 23.2 Å². The summed E-state index contributed by atoms with van der Waals surface area (Å²) in [7, 11) is 0. The summed E-state index contributed by atoms with van der Waals surface area (Å²) in [6, 6.07) is 7.05. The molecule has 2 heterocycles. The van der Waals surface area contributed by atoms with Gasteiger partial charge in [0, 0.05) is 37.6 Å². The number of halogens is 4. The maximum Gasteiger partial charge on any atom is 0.435 e. The lowest BCUT2D eigenvalue weighted by molar-refractivity contribution is -0.142. The van der Waals surface area contributed by atoms with Crippen molar-refractivity contribution >= 4 is 11.6 Å². The van der Waals surface area contributed by atoms with Crippen molar-refractivity contribution in [3.8, 4) is 0 Å². The standard InChI is InChI=1S/C17H18F4N4O/c1-12-10-15(17(19,20)21)22-25(12)11-16(26)24-8-6-23(7-9-24)14-4-2-13(18)3-5-14/h2-5,10H,6-9,11H2,1H3. The van der Waals surface area contributed by atoms with E-state index >= 15 is 0 Å². The molecule has 2 aromatic rings. The first kappa shape index (κ1) is 18.2. The van der Waals surface area contributed by atoms with Crippen LogP contribution >= 0.6 is 0 Å². The molecule has 0 spiro atoms. The third-order valence-corrected chi connectivity index (χ3v) is 4.38. The predicted octanol–water partition coefficient (Wildman–Crippen LogP) is 2.70. The predicted molar refractivity (Wildman–Crippen MR) is 87.2 cm³/mol. The van der Waals surface area contributed by atoms with Crippen LogP contribution in [0.1, 0.15) is 11.4 Å². The van der Waals surface area contributed by atoms with Gasteiger partial charge in [0.25, 0.3) is 0 Å². The molecule has 0 atom stereocenters. The third-order valence-electron chi connectivity index (χ3n) is 4.38. The van der Waals surface area contributed by atoms with Gasteiger partial charge in [0.05, 0.1) is 0 Å². The van der Waals surface area contributed by atoms with Gasteiger partial charge in [-0.05, 0) is 37.3 Å². The Balaban J connectivity index is 1.59. The van der Waals surface area contributed by atoms with Crippen molar-refractivity contribution in [2.45, 2.75) is 19.6 Å². The molecule has 1 amide bonds. The van der Waals surface area contributed by atoms with Crippen LogP contribution in [-0.2, 0) is 17.5 Å². The Labute approximate surface area is 147 Å². The molecular weight excluding hydrogens is 352 g/mol. The maximum absolute atomic E-state index is 13.0. The van der Waals surface area contributed by atoms with Crippen molar-refractivity contribution in [1.29, 1.82) is 0 Å². The monoisotopic (exact) mass is 370 g/mol. The molecule has 1 fully saturated rings. The van der Waals surface area contributed by atoms with E-state index in [-0.39, 0.29) is 24.0 Å². The van der Waals surface area contributed by atoms with Gasteiger partial charge in [-0.25, -0.2) is 4.39 Å². The van der Waals surface area contributed by atoms with Gasteiger partial charge < -0.3 is 9.80 Å². The van der Waals surface area contributed by atoms with Crippen molar-refractivity contribution in [3.63, 3.8) is 0 Å². The highest BCUT2D eigenvalue weighted by atomic mass is 19.4. The first-order chi connectivity index (χ1) is 12.2. The van der Waals surface area contributed by atoms with Crippen LogP contribution in [0.5, 0.6) is 0 Å². The Hall–Kier alpha value is -2.58. The van der Waals surface area contributed by atoms with E-state index in [4.69, 9.17) is 0 Å². The Kier molecular flexibility index (Phi) is 4.88. The highest BCUT2D eigenvalue weighted by molar-refractivity contribution is 5.76. The van der Waals surface area contributed by atoms with E-state index in [2.05, 4.69) is 5.10 Å². The molecule has 1 aromatic carbocycles. The number of carbonyl (C=O) groups excluding carboxylic acids is 1. The van der Waals surface area contributed by atoms with E-state index in [1.807, 2.05) is 4.90 Å². The van der Waals surface area contributed by atoms with E-state index < -0.39 is 11.9 Å². The number of carbonyl (C=O) groups is 1. The Morgan fingerprint density at radius 1 is 1.12 bits per heavy atom. The number of aromatic nitrogens is 2. The van der Waals surface area contributed by atoms with E-state index in [0.29, 0.717) is 26.2 Å². The fourth-order valence-electron chi connectivity index (χ4n) is 2.90. The molecule has 5 nitrogen and oxygen atoms in total. The molecular formula is C17H18F4N4O. The topological polar surface area (TPSA) is 41.4 Å². The van der Waals surface area contributed by atoms with Crippen LogP contribution in [0, 0.1) is 12.7 Å². The van der Waals surface area contributed by atoms with E-state index in [1.165, 1.54) is 19.1 Å². The van der Waals surface area contributed by atoms with Gasteiger partial charge in [-0.3, -0.25) is 9.48 Å². The summed E-state index contributed by atoms with van der Waals surface area (Å²) in [5.74, 6) is -0.584. The summed E-state index contributed by atoms with van der Waals surface area (Å²) in [6.45, 7) is 3.30. The molecule has 0 unspecified atom stereocenters. The second kappa shape index (κ2) is 6.97. The second-order valence-electron chi connectivity index (χ2n) is 6.17. The van der Waals surface area contributed by atoms with Crippen molar-refractivity contribution in [2.75, 3.05) is 31.1 Å². The number of anilines is 1.